The lowest BCUT2D eigenvalue weighted by Crippen LogP contribution is -2.50. The van der Waals surface area contributed by atoms with Gasteiger partial charge in [-0.15, -0.1) is 0 Å². The first-order chi connectivity index (χ1) is 15.7. The maximum atomic E-state index is 12.9. The van der Waals surface area contributed by atoms with Crippen molar-refractivity contribution in [3.63, 3.8) is 0 Å². The van der Waals surface area contributed by atoms with Crippen LogP contribution < -0.4 is 0 Å². The van der Waals surface area contributed by atoms with Gasteiger partial charge in [0, 0.05) is 44.6 Å². The number of pyridine rings is 1. The van der Waals surface area contributed by atoms with E-state index >= 15 is 0 Å². The molecule has 1 aliphatic heterocycles. The first-order valence-corrected chi connectivity index (χ1v) is 11.5. The number of methoxy groups -OCH3 is 1. The third-order valence-corrected chi connectivity index (χ3v) is 5.63. The number of benzene rings is 1. The van der Waals surface area contributed by atoms with Crippen molar-refractivity contribution in [2.75, 3.05) is 20.2 Å². The van der Waals surface area contributed by atoms with Gasteiger partial charge in [0.25, 0.3) is 0 Å². The number of amides is 1. The minimum atomic E-state index is -0.518. The summed E-state index contributed by atoms with van der Waals surface area (Å²) in [5.74, 6) is -0.344. The Labute approximate surface area is 196 Å². The number of carbonyl (C=O) groups excluding carboxylic acids is 2. The van der Waals surface area contributed by atoms with E-state index in [0.29, 0.717) is 25.2 Å². The van der Waals surface area contributed by atoms with Crippen molar-refractivity contribution in [3.05, 3.63) is 65.5 Å². The largest absolute Gasteiger partial charge is 0.465 e. The second-order valence-electron chi connectivity index (χ2n) is 9.54. The molecule has 1 aromatic carbocycles. The predicted molar refractivity (Wildman–Crippen MR) is 127 cm³/mol. The number of esters is 1. The first kappa shape index (κ1) is 24.7. The first-order valence-electron chi connectivity index (χ1n) is 11.5. The summed E-state index contributed by atoms with van der Waals surface area (Å²) in [6.45, 7) is 8.55. The van der Waals surface area contributed by atoms with Gasteiger partial charge in [-0.05, 0) is 69.4 Å². The predicted octanol–water partition coefficient (Wildman–Crippen LogP) is 4.66. The standard InChI is InChI=1S/C26H35N3O4/c1-26(2,3)33-25(31)29-15-6-5-9-23(29)19-28(18-21-8-7-14-27-16-21)17-20-10-12-22(13-11-20)24(30)32-4/h7-8,10-14,16,23H,5-6,9,15,17-19H2,1-4H3. The number of nitrogens with zero attached hydrogens (tertiary/aromatic N) is 3. The van der Waals surface area contributed by atoms with Crippen LogP contribution in [-0.4, -0.2) is 58.7 Å². The van der Waals surface area contributed by atoms with Crippen molar-refractivity contribution < 1.29 is 19.1 Å². The topological polar surface area (TPSA) is 72.0 Å². The Bertz CT molecular complexity index is 909. The third kappa shape index (κ3) is 7.56. The van der Waals surface area contributed by atoms with Crippen molar-refractivity contribution in [3.8, 4) is 0 Å². The smallest absolute Gasteiger partial charge is 0.410 e. The third-order valence-electron chi connectivity index (χ3n) is 5.63. The van der Waals surface area contributed by atoms with Gasteiger partial charge in [-0.2, -0.15) is 0 Å². The molecule has 1 atom stereocenters. The number of ether oxygens (including phenoxy) is 2. The summed E-state index contributed by atoms with van der Waals surface area (Å²) in [5.41, 5.74) is 2.22. The number of rotatable bonds is 7. The van der Waals surface area contributed by atoms with Gasteiger partial charge >= 0.3 is 12.1 Å². The lowest BCUT2D eigenvalue weighted by molar-refractivity contribution is 0.00425. The number of aromatic nitrogens is 1. The van der Waals surface area contributed by atoms with E-state index in [1.165, 1.54) is 7.11 Å². The normalized spacial score (nSPS) is 16.5. The maximum absolute atomic E-state index is 12.9. The van der Waals surface area contributed by atoms with E-state index in [-0.39, 0.29) is 18.1 Å². The molecule has 1 saturated heterocycles. The highest BCUT2D eigenvalue weighted by atomic mass is 16.6. The molecule has 178 valence electrons. The van der Waals surface area contributed by atoms with Crippen LogP contribution in [0.4, 0.5) is 4.79 Å². The van der Waals surface area contributed by atoms with Crippen molar-refractivity contribution in [2.45, 2.75) is 64.8 Å². The van der Waals surface area contributed by atoms with Crippen LogP contribution in [0.3, 0.4) is 0 Å². The number of hydrogen-bond donors (Lipinski definition) is 0. The van der Waals surface area contributed by atoms with Gasteiger partial charge in [-0.3, -0.25) is 9.88 Å². The zero-order valence-corrected chi connectivity index (χ0v) is 20.1. The van der Waals surface area contributed by atoms with Gasteiger partial charge in [0.15, 0.2) is 0 Å². The second kappa shape index (κ2) is 11.3. The molecule has 0 saturated carbocycles. The molecule has 1 aliphatic rings. The van der Waals surface area contributed by atoms with Crippen molar-refractivity contribution in [1.82, 2.24) is 14.8 Å². The zero-order chi connectivity index (χ0) is 23.8. The number of piperidine rings is 1. The molecule has 0 aliphatic carbocycles. The number of likely N-dealkylation sites (tertiary alicyclic amines) is 1. The second-order valence-corrected chi connectivity index (χ2v) is 9.54. The average molecular weight is 454 g/mol. The highest BCUT2D eigenvalue weighted by molar-refractivity contribution is 5.89. The van der Waals surface area contributed by atoms with Gasteiger partial charge in [0.05, 0.1) is 12.7 Å². The van der Waals surface area contributed by atoms with Crippen LogP contribution in [0.1, 0.15) is 61.5 Å². The molecular formula is C26H35N3O4. The van der Waals surface area contributed by atoms with E-state index in [4.69, 9.17) is 9.47 Å². The number of carbonyl (C=O) groups is 2. The van der Waals surface area contributed by atoms with Crippen LogP contribution in [0.2, 0.25) is 0 Å². The van der Waals surface area contributed by atoms with E-state index in [1.54, 1.807) is 18.3 Å². The number of hydrogen-bond acceptors (Lipinski definition) is 6. The summed E-state index contributed by atoms with van der Waals surface area (Å²) in [7, 11) is 1.38. The molecule has 2 aromatic rings. The summed E-state index contributed by atoms with van der Waals surface area (Å²) < 4.78 is 10.5. The lowest BCUT2D eigenvalue weighted by atomic mass is 10.0. The molecule has 7 nitrogen and oxygen atoms in total. The van der Waals surface area contributed by atoms with Crippen LogP contribution in [0, 0.1) is 0 Å². The fourth-order valence-electron chi connectivity index (χ4n) is 4.11. The van der Waals surface area contributed by atoms with Crippen LogP contribution in [0.25, 0.3) is 0 Å². The van der Waals surface area contributed by atoms with Gasteiger partial charge < -0.3 is 14.4 Å². The Morgan fingerprint density at radius 2 is 1.82 bits per heavy atom. The fraction of sp³-hybridized carbons (Fsp3) is 0.500. The van der Waals surface area contributed by atoms with E-state index in [2.05, 4.69) is 16.0 Å². The summed E-state index contributed by atoms with van der Waals surface area (Å²) in [5, 5.41) is 0. The van der Waals surface area contributed by atoms with Crippen LogP contribution in [0.15, 0.2) is 48.8 Å². The minimum Gasteiger partial charge on any atom is -0.465 e. The van der Waals surface area contributed by atoms with E-state index in [0.717, 1.165) is 36.9 Å². The van der Waals surface area contributed by atoms with E-state index < -0.39 is 5.60 Å². The summed E-state index contributed by atoms with van der Waals surface area (Å²) in [6.07, 6.45) is 6.44. The summed E-state index contributed by atoms with van der Waals surface area (Å²) >= 11 is 0. The van der Waals surface area contributed by atoms with Crippen molar-refractivity contribution >= 4 is 12.1 Å². The molecule has 2 heterocycles. The summed E-state index contributed by atoms with van der Waals surface area (Å²) in [6, 6.07) is 11.6. The Morgan fingerprint density at radius 1 is 1.09 bits per heavy atom. The maximum Gasteiger partial charge on any atom is 0.410 e. The van der Waals surface area contributed by atoms with E-state index in [1.807, 2.05) is 50.1 Å². The van der Waals surface area contributed by atoms with Crippen molar-refractivity contribution in [1.29, 1.82) is 0 Å². The molecule has 1 fully saturated rings. The van der Waals surface area contributed by atoms with Crippen molar-refractivity contribution in [2.24, 2.45) is 0 Å². The molecule has 3 rings (SSSR count). The van der Waals surface area contributed by atoms with Crippen LogP contribution in [0.5, 0.6) is 0 Å². The van der Waals surface area contributed by atoms with Crippen LogP contribution >= 0.6 is 0 Å². The average Bonchev–Trinajstić information content (AvgIpc) is 2.79. The minimum absolute atomic E-state index is 0.0830. The Morgan fingerprint density at radius 3 is 2.45 bits per heavy atom. The highest BCUT2D eigenvalue weighted by Gasteiger charge is 2.31. The highest BCUT2D eigenvalue weighted by Crippen LogP contribution is 2.23. The molecule has 1 aromatic heterocycles. The SMILES string of the molecule is COC(=O)c1ccc(CN(Cc2cccnc2)CC2CCCCN2C(=O)OC(C)(C)C)cc1. The Balaban J connectivity index is 1.76. The monoisotopic (exact) mass is 453 g/mol. The molecule has 0 bridgehead atoms. The van der Waals surface area contributed by atoms with Gasteiger partial charge in [-0.25, -0.2) is 9.59 Å². The van der Waals surface area contributed by atoms with Gasteiger partial charge in [0.1, 0.15) is 5.60 Å². The molecular weight excluding hydrogens is 418 g/mol. The van der Waals surface area contributed by atoms with Gasteiger partial charge in [0.2, 0.25) is 0 Å². The molecule has 0 radical (unpaired) electrons. The van der Waals surface area contributed by atoms with Crippen LogP contribution in [-0.2, 0) is 22.6 Å². The zero-order valence-electron chi connectivity index (χ0n) is 20.1. The Kier molecular flexibility index (Phi) is 8.44. The quantitative estimate of drug-likeness (QED) is 0.568. The molecule has 33 heavy (non-hydrogen) atoms. The molecule has 1 unspecified atom stereocenters. The Hall–Kier alpha value is -2.93. The van der Waals surface area contributed by atoms with Gasteiger partial charge in [-0.1, -0.05) is 18.2 Å². The molecule has 1 amide bonds. The fourth-order valence-corrected chi connectivity index (χ4v) is 4.11. The molecule has 0 spiro atoms. The lowest BCUT2D eigenvalue weighted by Gasteiger charge is -2.39. The van der Waals surface area contributed by atoms with E-state index in [9.17, 15) is 9.59 Å². The summed E-state index contributed by atoms with van der Waals surface area (Å²) in [4.78, 5) is 33.1. The molecule has 7 heteroatoms. The molecule has 0 N–H and O–H groups in total.